The largest absolute Gasteiger partial charge is 0.343 e. The molecule has 0 aliphatic heterocycles. The molecule has 0 unspecified atom stereocenters. The number of unbranched alkanes of at least 4 members (excludes halogenated alkanes) is 7. The predicted molar refractivity (Wildman–Crippen MR) is 55.2 cm³/mol. The Balaban J connectivity index is -0.000000405. The number of hydrogen-bond donors (Lipinski definition) is 0. The van der Waals surface area contributed by atoms with Gasteiger partial charge in [0.25, 0.3) is 0 Å². The van der Waals surface area contributed by atoms with Crippen LogP contribution in [0.2, 0.25) is 0 Å². The Labute approximate surface area is 104 Å². The molecule has 0 aliphatic carbocycles. The third-order valence-electron chi connectivity index (χ3n) is 1.85. The first-order valence-electron chi connectivity index (χ1n) is 4.71. The van der Waals surface area contributed by atoms with Crippen LogP contribution < -0.4 is 0 Å². The zero-order chi connectivity index (χ0) is 7.66. The summed E-state index contributed by atoms with van der Waals surface area (Å²) in [6.07, 6.45) is 10.9. The monoisotopic (exact) mass is 291 g/mol. The molecule has 0 rings (SSSR count). The van der Waals surface area contributed by atoms with E-state index in [4.69, 9.17) is 0 Å². The average Bonchev–Trinajstić information content (AvgIpc) is 1.97. The maximum absolute atomic E-state index is 3.82. The maximum atomic E-state index is 3.82. The van der Waals surface area contributed by atoms with Crippen molar-refractivity contribution in [3.8, 4) is 0 Å². The molecule has 0 spiro atoms. The van der Waals surface area contributed by atoms with Crippen LogP contribution in [0.25, 0.3) is 0 Å². The average molecular weight is 290 g/mol. The molecular weight excluding hydrogens is 268 g/mol. The molecule has 0 saturated carbocycles. The van der Waals surface area contributed by atoms with E-state index >= 15 is 0 Å². The standard InChI is InChI=1S/C10H21.Cd.ClH/c1-3-5-7-9-10-8-6-4-2;;/h1,3-10H2,2H3;;1H/q-1;;. The first kappa shape index (κ1) is 18.9. The van der Waals surface area contributed by atoms with Crippen molar-refractivity contribution in [2.75, 3.05) is 0 Å². The molecule has 72 valence electrons. The Bertz CT molecular complexity index is 49.8. The van der Waals surface area contributed by atoms with E-state index in [0.717, 1.165) is 6.42 Å². The van der Waals surface area contributed by atoms with Gasteiger partial charge in [0.05, 0.1) is 0 Å². The van der Waals surface area contributed by atoms with Crippen molar-refractivity contribution in [1.29, 1.82) is 0 Å². The van der Waals surface area contributed by atoms with Crippen LogP contribution in [0, 0.1) is 6.92 Å². The fourth-order valence-corrected chi connectivity index (χ4v) is 1.13. The minimum atomic E-state index is 0. The molecule has 0 saturated heterocycles. The van der Waals surface area contributed by atoms with Gasteiger partial charge in [0.2, 0.25) is 0 Å². The molecule has 0 amide bonds. The normalized spacial score (nSPS) is 8.50. The van der Waals surface area contributed by atoms with E-state index in [9.17, 15) is 0 Å². The molecular formula is C10H22CdCl-. The Kier molecular flexibility index (Phi) is 28.5. The van der Waals surface area contributed by atoms with Crippen LogP contribution in [0.3, 0.4) is 0 Å². The SMILES string of the molecule is Cl.[CH2-]CCCCCCCCC.[Cd]. The van der Waals surface area contributed by atoms with E-state index in [1.165, 1.54) is 44.9 Å². The van der Waals surface area contributed by atoms with Crippen LogP contribution >= 0.6 is 12.4 Å². The van der Waals surface area contributed by atoms with Crippen molar-refractivity contribution in [2.24, 2.45) is 0 Å². The van der Waals surface area contributed by atoms with Gasteiger partial charge in [0.15, 0.2) is 0 Å². The molecule has 0 aromatic carbocycles. The molecule has 0 N–H and O–H groups in total. The van der Waals surface area contributed by atoms with Crippen LogP contribution in [0.5, 0.6) is 0 Å². The van der Waals surface area contributed by atoms with E-state index in [1.54, 1.807) is 0 Å². The summed E-state index contributed by atoms with van der Waals surface area (Å²) >= 11 is 0. The van der Waals surface area contributed by atoms with E-state index in [1.807, 2.05) is 0 Å². The Morgan fingerprint density at radius 1 is 0.833 bits per heavy atom. The first-order chi connectivity index (χ1) is 4.91. The summed E-state index contributed by atoms with van der Waals surface area (Å²) in [6.45, 7) is 6.08. The van der Waals surface area contributed by atoms with Gasteiger partial charge in [-0.3, -0.25) is 0 Å². The minimum Gasteiger partial charge on any atom is -0.343 e. The molecule has 0 aliphatic rings. The van der Waals surface area contributed by atoms with Gasteiger partial charge in [-0.25, -0.2) is 0 Å². The van der Waals surface area contributed by atoms with Crippen molar-refractivity contribution in [1.82, 2.24) is 0 Å². The van der Waals surface area contributed by atoms with Gasteiger partial charge >= 0.3 is 0 Å². The second kappa shape index (κ2) is 18.1. The quantitative estimate of drug-likeness (QED) is 0.371. The zero-order valence-corrected chi connectivity index (χ0v) is 13.3. The van der Waals surface area contributed by atoms with Gasteiger partial charge in [-0.1, -0.05) is 51.9 Å². The number of halogens is 1. The van der Waals surface area contributed by atoms with Crippen LogP contribution in [0.1, 0.15) is 58.3 Å². The van der Waals surface area contributed by atoms with Gasteiger partial charge in [-0.2, -0.15) is 6.42 Å². The van der Waals surface area contributed by atoms with E-state index < -0.39 is 0 Å². The van der Waals surface area contributed by atoms with E-state index in [2.05, 4.69) is 13.8 Å². The molecule has 0 aromatic heterocycles. The molecule has 0 aromatic rings. The molecule has 0 atom stereocenters. The summed E-state index contributed by atoms with van der Waals surface area (Å²) in [5.74, 6) is 0. The zero-order valence-electron chi connectivity index (χ0n) is 8.48. The van der Waals surface area contributed by atoms with Gasteiger partial charge < -0.3 is 6.92 Å². The molecule has 0 heterocycles. The molecule has 2 heteroatoms. The minimum absolute atomic E-state index is 0. The van der Waals surface area contributed by atoms with Crippen molar-refractivity contribution in [3.05, 3.63) is 6.92 Å². The summed E-state index contributed by atoms with van der Waals surface area (Å²) in [6, 6.07) is 0. The van der Waals surface area contributed by atoms with Gasteiger partial charge in [0.1, 0.15) is 0 Å². The number of hydrogen-bond acceptors (Lipinski definition) is 0. The Morgan fingerprint density at radius 3 is 1.67 bits per heavy atom. The van der Waals surface area contributed by atoms with Crippen LogP contribution in [-0.2, 0) is 27.3 Å². The predicted octanol–water partition coefficient (Wildman–Crippen LogP) is 4.38. The third-order valence-corrected chi connectivity index (χ3v) is 1.85. The van der Waals surface area contributed by atoms with Gasteiger partial charge in [-0.15, -0.1) is 12.4 Å². The van der Waals surface area contributed by atoms with Gasteiger partial charge in [0, 0.05) is 27.3 Å². The second-order valence-corrected chi connectivity index (χ2v) is 2.97. The van der Waals surface area contributed by atoms with Crippen molar-refractivity contribution < 1.29 is 27.3 Å². The molecule has 12 heavy (non-hydrogen) atoms. The molecule has 0 nitrogen and oxygen atoms in total. The summed E-state index contributed by atoms with van der Waals surface area (Å²) in [5.41, 5.74) is 0. The van der Waals surface area contributed by atoms with E-state index in [0.29, 0.717) is 0 Å². The fourth-order valence-electron chi connectivity index (χ4n) is 1.13. The summed E-state index contributed by atoms with van der Waals surface area (Å²) in [7, 11) is 0. The molecule has 0 radical (unpaired) electrons. The summed E-state index contributed by atoms with van der Waals surface area (Å²) < 4.78 is 0. The fraction of sp³-hybridized carbons (Fsp3) is 0.900. The molecule has 0 bridgehead atoms. The van der Waals surface area contributed by atoms with Crippen LogP contribution in [-0.4, -0.2) is 0 Å². The smallest absolute Gasteiger partial charge is 0 e. The summed E-state index contributed by atoms with van der Waals surface area (Å²) in [5, 5.41) is 0. The third kappa shape index (κ3) is 17.3. The van der Waals surface area contributed by atoms with Crippen LogP contribution in [0.15, 0.2) is 0 Å². The summed E-state index contributed by atoms with van der Waals surface area (Å²) in [4.78, 5) is 0. The first-order valence-corrected chi connectivity index (χ1v) is 4.71. The molecule has 0 fully saturated rings. The Morgan fingerprint density at radius 2 is 1.25 bits per heavy atom. The van der Waals surface area contributed by atoms with Crippen molar-refractivity contribution in [2.45, 2.75) is 58.3 Å². The topological polar surface area (TPSA) is 0 Å². The van der Waals surface area contributed by atoms with E-state index in [-0.39, 0.29) is 39.7 Å². The maximum Gasteiger partial charge on any atom is 0 e. The Hall–Kier alpha value is 1.21. The van der Waals surface area contributed by atoms with Crippen molar-refractivity contribution in [3.63, 3.8) is 0 Å². The second-order valence-electron chi connectivity index (χ2n) is 2.97. The number of rotatable bonds is 7. The van der Waals surface area contributed by atoms with Crippen LogP contribution in [0.4, 0.5) is 0 Å². The van der Waals surface area contributed by atoms with Gasteiger partial charge in [-0.05, 0) is 0 Å². The van der Waals surface area contributed by atoms with Crippen molar-refractivity contribution >= 4 is 12.4 Å².